The molecule has 3 aromatic rings. The molecular weight excluding hydrogens is 442 g/mol. The molecule has 168 valence electrons. The van der Waals surface area contributed by atoms with Crippen LogP contribution in [0.2, 0.25) is 0 Å². The molecule has 0 saturated carbocycles. The molecule has 2 aliphatic rings. The monoisotopic (exact) mass is 469 g/mol. The van der Waals surface area contributed by atoms with E-state index in [-0.39, 0.29) is 16.7 Å². The van der Waals surface area contributed by atoms with Gasteiger partial charge in [-0.15, -0.1) is 11.3 Å². The molecule has 8 heteroatoms. The molecule has 0 bridgehead atoms. The van der Waals surface area contributed by atoms with Crippen molar-refractivity contribution in [3.8, 4) is 5.69 Å². The lowest BCUT2D eigenvalue weighted by Gasteiger charge is -2.29. The Labute approximate surface area is 195 Å². The van der Waals surface area contributed by atoms with E-state index in [2.05, 4.69) is 6.92 Å². The molecule has 6 nitrogen and oxygen atoms in total. The first-order chi connectivity index (χ1) is 15.5. The minimum absolute atomic E-state index is 0.0261. The highest BCUT2D eigenvalue weighted by Gasteiger charge is 2.28. The number of carbonyl (C=O) groups excluding carboxylic acids is 1. The van der Waals surface area contributed by atoms with E-state index in [1.807, 2.05) is 42.2 Å². The zero-order valence-electron chi connectivity index (χ0n) is 18.4. The molecule has 32 heavy (non-hydrogen) atoms. The number of thiophene rings is 1. The molecule has 1 amide bonds. The molecule has 1 saturated heterocycles. The first-order valence-corrected chi connectivity index (χ1v) is 12.9. The average Bonchev–Trinajstić information content (AvgIpc) is 3.17. The Morgan fingerprint density at radius 3 is 2.75 bits per heavy atom. The predicted molar refractivity (Wildman–Crippen MR) is 129 cm³/mol. The van der Waals surface area contributed by atoms with Crippen LogP contribution in [0.3, 0.4) is 0 Å². The van der Waals surface area contributed by atoms with Gasteiger partial charge in [0, 0.05) is 18.0 Å². The number of hydrogen-bond acceptors (Lipinski definition) is 6. The van der Waals surface area contributed by atoms with Gasteiger partial charge in [-0.2, -0.15) is 0 Å². The van der Waals surface area contributed by atoms with Crippen LogP contribution in [0.25, 0.3) is 15.9 Å². The van der Waals surface area contributed by atoms with Gasteiger partial charge >= 0.3 is 0 Å². The second-order valence-corrected chi connectivity index (χ2v) is 11.0. The van der Waals surface area contributed by atoms with Crippen molar-refractivity contribution in [3.63, 3.8) is 0 Å². The molecule has 2 unspecified atom stereocenters. The quantitative estimate of drug-likeness (QED) is 0.428. The van der Waals surface area contributed by atoms with E-state index in [0.29, 0.717) is 37.4 Å². The highest BCUT2D eigenvalue weighted by atomic mass is 32.2. The average molecular weight is 470 g/mol. The highest BCUT2D eigenvalue weighted by Crippen LogP contribution is 2.37. The van der Waals surface area contributed by atoms with Gasteiger partial charge in [-0.05, 0) is 49.8 Å². The molecule has 0 N–H and O–H groups in total. The third kappa shape index (κ3) is 4.00. The lowest BCUT2D eigenvalue weighted by molar-refractivity contribution is -0.134. The van der Waals surface area contributed by atoms with Crippen molar-refractivity contribution >= 4 is 39.2 Å². The molecule has 5 rings (SSSR count). The van der Waals surface area contributed by atoms with Gasteiger partial charge in [-0.1, -0.05) is 36.9 Å². The van der Waals surface area contributed by atoms with Crippen LogP contribution in [-0.2, 0) is 22.4 Å². The van der Waals surface area contributed by atoms with Crippen LogP contribution in [0.4, 0.5) is 0 Å². The second-order valence-electron chi connectivity index (χ2n) is 8.60. The molecule has 1 aliphatic carbocycles. The first kappa shape index (κ1) is 21.7. The number of ether oxygens (including phenoxy) is 1. The van der Waals surface area contributed by atoms with Gasteiger partial charge in [0.1, 0.15) is 4.83 Å². The second kappa shape index (κ2) is 9.00. The number of amides is 1. The van der Waals surface area contributed by atoms with Crippen LogP contribution in [0.15, 0.2) is 40.3 Å². The summed E-state index contributed by atoms with van der Waals surface area (Å²) >= 11 is 3.02. The molecular formula is C24H27N3O3S2. The fourth-order valence-electron chi connectivity index (χ4n) is 4.50. The topological polar surface area (TPSA) is 64.4 Å². The van der Waals surface area contributed by atoms with Gasteiger partial charge in [0.25, 0.3) is 5.56 Å². The van der Waals surface area contributed by atoms with Crippen LogP contribution < -0.4 is 5.56 Å². The fraction of sp³-hybridized carbons (Fsp3) is 0.458. The standard InChI is InChI=1S/C24H27N3O3S2/c1-15-8-9-18-19(14-15)32-21-20(18)23(29)27(17-6-4-3-5-7-17)24(25-21)31-16(2)22(28)26-10-12-30-13-11-26/h3-7,15-16H,8-14H2,1-2H3. The van der Waals surface area contributed by atoms with Crippen molar-refractivity contribution in [3.05, 3.63) is 51.1 Å². The largest absolute Gasteiger partial charge is 0.378 e. The SMILES string of the molecule is CC1CCc2c(sc3nc(SC(C)C(=O)N4CCOCC4)n(-c4ccccc4)c(=O)c23)C1. The van der Waals surface area contributed by atoms with Gasteiger partial charge in [0.2, 0.25) is 5.91 Å². The van der Waals surface area contributed by atoms with Gasteiger partial charge in [0.05, 0.1) is 29.5 Å². The third-order valence-electron chi connectivity index (χ3n) is 6.27. The summed E-state index contributed by atoms with van der Waals surface area (Å²) in [6.07, 6.45) is 3.04. The van der Waals surface area contributed by atoms with Crippen molar-refractivity contribution in [1.82, 2.24) is 14.5 Å². The lowest BCUT2D eigenvalue weighted by atomic mass is 9.89. The van der Waals surface area contributed by atoms with Crippen molar-refractivity contribution in [1.29, 1.82) is 0 Å². The maximum Gasteiger partial charge on any atom is 0.267 e. The van der Waals surface area contributed by atoms with E-state index in [1.54, 1.807) is 15.9 Å². The van der Waals surface area contributed by atoms with E-state index in [4.69, 9.17) is 9.72 Å². The first-order valence-electron chi connectivity index (χ1n) is 11.2. The summed E-state index contributed by atoms with van der Waals surface area (Å²) in [5.41, 5.74) is 1.94. The summed E-state index contributed by atoms with van der Waals surface area (Å²) in [6.45, 7) is 6.52. The number of nitrogens with zero attached hydrogens (tertiary/aromatic N) is 3. The van der Waals surface area contributed by atoms with E-state index >= 15 is 0 Å². The molecule has 1 aliphatic heterocycles. The van der Waals surface area contributed by atoms with E-state index in [9.17, 15) is 9.59 Å². The number of morpholine rings is 1. The zero-order valence-corrected chi connectivity index (χ0v) is 20.0. The number of fused-ring (bicyclic) bond motifs is 3. The number of rotatable bonds is 4. The lowest BCUT2D eigenvalue weighted by Crippen LogP contribution is -2.44. The van der Waals surface area contributed by atoms with E-state index in [0.717, 1.165) is 35.2 Å². The molecule has 3 heterocycles. The van der Waals surface area contributed by atoms with Crippen LogP contribution >= 0.6 is 23.1 Å². The Kier molecular flexibility index (Phi) is 6.09. The summed E-state index contributed by atoms with van der Waals surface area (Å²) < 4.78 is 7.07. The molecule has 1 aromatic carbocycles. The number of aryl methyl sites for hydroxylation is 1. The normalized spacial score (nSPS) is 19.7. The summed E-state index contributed by atoms with van der Waals surface area (Å²) in [6, 6.07) is 9.63. The minimum atomic E-state index is -0.345. The maximum absolute atomic E-state index is 13.8. The van der Waals surface area contributed by atoms with Crippen LogP contribution in [0, 0.1) is 5.92 Å². The van der Waals surface area contributed by atoms with Crippen molar-refractivity contribution in [2.45, 2.75) is 43.5 Å². The number of thioether (sulfide) groups is 1. The van der Waals surface area contributed by atoms with E-state index in [1.165, 1.54) is 22.2 Å². The van der Waals surface area contributed by atoms with Crippen molar-refractivity contribution in [2.75, 3.05) is 26.3 Å². The summed E-state index contributed by atoms with van der Waals surface area (Å²) in [7, 11) is 0. The minimum Gasteiger partial charge on any atom is -0.378 e. The Morgan fingerprint density at radius 1 is 1.25 bits per heavy atom. The van der Waals surface area contributed by atoms with Gasteiger partial charge < -0.3 is 9.64 Å². The van der Waals surface area contributed by atoms with Crippen LogP contribution in [0.5, 0.6) is 0 Å². The number of benzene rings is 1. The summed E-state index contributed by atoms with van der Waals surface area (Å²) in [5.74, 6) is 0.693. The summed E-state index contributed by atoms with van der Waals surface area (Å²) in [4.78, 5) is 35.7. The Balaban J connectivity index is 1.59. The fourth-order valence-corrected chi connectivity index (χ4v) is 6.94. The molecule has 0 radical (unpaired) electrons. The van der Waals surface area contributed by atoms with E-state index < -0.39 is 0 Å². The Hall–Kier alpha value is -2.16. The maximum atomic E-state index is 13.8. The summed E-state index contributed by atoms with van der Waals surface area (Å²) in [5, 5.41) is 0.994. The molecule has 2 atom stereocenters. The zero-order chi connectivity index (χ0) is 22.2. The number of carbonyl (C=O) groups is 1. The van der Waals surface area contributed by atoms with Crippen molar-refractivity contribution < 1.29 is 9.53 Å². The van der Waals surface area contributed by atoms with Gasteiger partial charge in [-0.3, -0.25) is 14.2 Å². The van der Waals surface area contributed by atoms with Gasteiger partial charge in [-0.25, -0.2) is 4.98 Å². The van der Waals surface area contributed by atoms with Crippen LogP contribution in [0.1, 0.15) is 30.7 Å². The third-order valence-corrected chi connectivity index (χ3v) is 8.45. The molecule has 0 spiro atoms. The number of hydrogen-bond donors (Lipinski definition) is 0. The molecule has 2 aromatic heterocycles. The highest BCUT2D eigenvalue weighted by molar-refractivity contribution is 8.00. The van der Waals surface area contributed by atoms with Crippen molar-refractivity contribution in [2.24, 2.45) is 5.92 Å². The Morgan fingerprint density at radius 2 is 2.00 bits per heavy atom. The van der Waals surface area contributed by atoms with Gasteiger partial charge in [0.15, 0.2) is 5.16 Å². The Bertz CT molecular complexity index is 1200. The number of para-hydroxylation sites is 1. The number of aromatic nitrogens is 2. The van der Waals surface area contributed by atoms with Crippen LogP contribution in [-0.4, -0.2) is 51.9 Å². The predicted octanol–water partition coefficient (Wildman–Crippen LogP) is 3.91. The smallest absolute Gasteiger partial charge is 0.267 e. The molecule has 1 fully saturated rings.